The highest BCUT2D eigenvalue weighted by Crippen LogP contribution is 2.16. The number of aliphatic carboxylic acids is 1. The maximum Gasteiger partial charge on any atom is 0.319 e. The zero-order valence-corrected chi connectivity index (χ0v) is 9.27. The van der Waals surface area contributed by atoms with Gasteiger partial charge in [-0.1, -0.05) is 6.92 Å². The third kappa shape index (κ3) is 3.11. The van der Waals surface area contributed by atoms with Crippen LogP contribution in [0.1, 0.15) is 19.8 Å². The van der Waals surface area contributed by atoms with Crippen molar-refractivity contribution in [3.05, 3.63) is 0 Å². The van der Waals surface area contributed by atoms with E-state index >= 15 is 0 Å². The number of nitrogens with zero attached hydrogens (tertiary/aromatic N) is 2. The Balaban J connectivity index is 2.58. The lowest BCUT2D eigenvalue weighted by atomic mass is 10.0. The minimum absolute atomic E-state index is 0.0125. The summed E-state index contributed by atoms with van der Waals surface area (Å²) in [5, 5.41) is 8.71. The van der Waals surface area contributed by atoms with Gasteiger partial charge in [0.1, 0.15) is 0 Å². The molecule has 15 heavy (non-hydrogen) atoms. The maximum atomic E-state index is 11.7. The second-order valence-corrected chi connectivity index (χ2v) is 4.07. The molecular weight excluding hydrogens is 196 g/mol. The number of hydrogen-bond donors (Lipinski definition) is 1. The third-order valence-corrected chi connectivity index (χ3v) is 2.56. The van der Waals surface area contributed by atoms with Crippen molar-refractivity contribution in [1.29, 1.82) is 0 Å². The van der Waals surface area contributed by atoms with Crippen LogP contribution in [-0.2, 0) is 4.79 Å². The van der Waals surface area contributed by atoms with Crippen LogP contribution in [0.5, 0.6) is 0 Å². The first-order valence-electron chi connectivity index (χ1n) is 5.26. The van der Waals surface area contributed by atoms with Crippen LogP contribution in [0.2, 0.25) is 0 Å². The molecule has 1 fully saturated rings. The summed E-state index contributed by atoms with van der Waals surface area (Å²) in [6.07, 6.45) is 1.04. The number of hydrogen-bond acceptors (Lipinski definition) is 2. The van der Waals surface area contributed by atoms with Gasteiger partial charge in [-0.05, 0) is 6.42 Å². The van der Waals surface area contributed by atoms with E-state index in [0.717, 1.165) is 6.42 Å². The van der Waals surface area contributed by atoms with Gasteiger partial charge in [0.2, 0.25) is 0 Å². The largest absolute Gasteiger partial charge is 0.481 e. The first kappa shape index (κ1) is 11.8. The van der Waals surface area contributed by atoms with E-state index < -0.39 is 5.97 Å². The van der Waals surface area contributed by atoms with Crippen molar-refractivity contribution in [3.8, 4) is 0 Å². The molecule has 5 heteroatoms. The van der Waals surface area contributed by atoms with Crippen LogP contribution in [0.25, 0.3) is 0 Å². The minimum Gasteiger partial charge on any atom is -0.481 e. The lowest BCUT2D eigenvalue weighted by molar-refractivity contribution is -0.138. The number of rotatable bonds is 4. The maximum absolute atomic E-state index is 11.7. The summed E-state index contributed by atoms with van der Waals surface area (Å²) in [5.74, 6) is -0.740. The Morgan fingerprint density at radius 3 is 2.73 bits per heavy atom. The van der Waals surface area contributed by atoms with E-state index in [1.165, 1.54) is 0 Å². The molecule has 0 aromatic rings. The molecular formula is C10H18N2O3. The highest BCUT2D eigenvalue weighted by molar-refractivity contribution is 5.75. The highest BCUT2D eigenvalue weighted by Gasteiger charge is 2.29. The quantitative estimate of drug-likeness (QED) is 0.754. The van der Waals surface area contributed by atoms with Crippen LogP contribution in [-0.4, -0.2) is 53.6 Å². The first-order valence-corrected chi connectivity index (χ1v) is 5.26. The summed E-state index contributed by atoms with van der Waals surface area (Å²) < 4.78 is 0. The fraction of sp³-hybridized carbons (Fsp3) is 0.800. The predicted octanol–water partition coefficient (Wildman–Crippen LogP) is 0.855. The Bertz CT molecular complexity index is 255. The minimum atomic E-state index is -0.792. The van der Waals surface area contributed by atoms with Gasteiger partial charge < -0.3 is 14.9 Å². The highest BCUT2D eigenvalue weighted by atomic mass is 16.4. The second-order valence-electron chi connectivity index (χ2n) is 4.07. The number of carbonyl (C=O) groups is 2. The van der Waals surface area contributed by atoms with Crippen molar-refractivity contribution in [1.82, 2.24) is 9.80 Å². The lowest BCUT2D eigenvalue weighted by Crippen LogP contribution is -2.52. The Kier molecular flexibility index (Phi) is 3.94. The van der Waals surface area contributed by atoms with E-state index in [9.17, 15) is 9.59 Å². The van der Waals surface area contributed by atoms with Gasteiger partial charge in [-0.15, -0.1) is 0 Å². The van der Waals surface area contributed by atoms with Gasteiger partial charge in [0.15, 0.2) is 0 Å². The van der Waals surface area contributed by atoms with Gasteiger partial charge in [-0.25, -0.2) is 4.79 Å². The topological polar surface area (TPSA) is 60.9 Å². The van der Waals surface area contributed by atoms with Crippen molar-refractivity contribution >= 4 is 12.0 Å². The molecule has 0 spiro atoms. The number of urea groups is 1. The molecule has 0 aromatic heterocycles. The second kappa shape index (κ2) is 5.00. The fourth-order valence-electron chi connectivity index (χ4n) is 1.99. The Labute approximate surface area is 89.7 Å². The zero-order chi connectivity index (χ0) is 11.4. The van der Waals surface area contributed by atoms with E-state index in [1.807, 2.05) is 6.92 Å². The van der Waals surface area contributed by atoms with E-state index in [1.54, 1.807) is 16.8 Å². The van der Waals surface area contributed by atoms with Crippen molar-refractivity contribution in [2.24, 2.45) is 5.92 Å². The summed E-state index contributed by atoms with van der Waals surface area (Å²) in [7, 11) is 1.72. The number of carboxylic acid groups (broad SMARTS) is 1. The van der Waals surface area contributed by atoms with E-state index in [0.29, 0.717) is 19.6 Å². The molecule has 1 rings (SSSR count). The van der Waals surface area contributed by atoms with Gasteiger partial charge in [0.25, 0.3) is 0 Å². The molecule has 0 radical (unpaired) electrons. The third-order valence-electron chi connectivity index (χ3n) is 2.56. The molecule has 1 saturated heterocycles. The van der Waals surface area contributed by atoms with Crippen molar-refractivity contribution in [3.63, 3.8) is 0 Å². The van der Waals surface area contributed by atoms with Crippen LogP contribution in [0, 0.1) is 5.92 Å². The molecule has 0 aromatic carbocycles. The van der Waals surface area contributed by atoms with Crippen molar-refractivity contribution < 1.29 is 14.7 Å². The normalized spacial score (nSPS) is 22.0. The molecule has 2 amide bonds. The summed E-state index contributed by atoms with van der Waals surface area (Å²) in [4.78, 5) is 25.6. The summed E-state index contributed by atoms with van der Waals surface area (Å²) >= 11 is 0. The molecule has 5 nitrogen and oxygen atoms in total. The molecule has 0 aliphatic carbocycles. The van der Waals surface area contributed by atoms with Crippen LogP contribution < -0.4 is 0 Å². The molecule has 86 valence electrons. The first-order chi connectivity index (χ1) is 7.04. The van der Waals surface area contributed by atoms with Crippen molar-refractivity contribution in [2.75, 3.05) is 26.7 Å². The van der Waals surface area contributed by atoms with Crippen LogP contribution in [0.4, 0.5) is 4.79 Å². The summed E-state index contributed by atoms with van der Waals surface area (Å²) in [6, 6.07) is 0.0125. The molecule has 0 saturated carbocycles. The standard InChI is InChI=1S/C10H18N2O3/c1-3-4-12-7-8(5-9(13)14)6-11(2)10(12)15/h8H,3-7H2,1-2H3,(H,13,14). The van der Waals surface area contributed by atoms with Crippen molar-refractivity contribution in [2.45, 2.75) is 19.8 Å². The number of carboxylic acids is 1. The van der Waals surface area contributed by atoms with Gasteiger partial charge in [-0.2, -0.15) is 0 Å². The molecule has 1 aliphatic rings. The van der Waals surface area contributed by atoms with Gasteiger partial charge in [0.05, 0.1) is 6.42 Å². The number of carbonyl (C=O) groups excluding carboxylic acids is 1. The summed E-state index contributed by atoms with van der Waals surface area (Å²) in [6.45, 7) is 3.84. The molecule has 1 heterocycles. The van der Waals surface area contributed by atoms with Gasteiger partial charge >= 0.3 is 12.0 Å². The Morgan fingerprint density at radius 2 is 2.20 bits per heavy atom. The van der Waals surface area contributed by atoms with E-state index in [2.05, 4.69) is 0 Å². The Morgan fingerprint density at radius 1 is 1.53 bits per heavy atom. The smallest absolute Gasteiger partial charge is 0.319 e. The molecule has 1 unspecified atom stereocenters. The molecule has 0 bridgehead atoms. The van der Waals surface area contributed by atoms with E-state index in [-0.39, 0.29) is 18.4 Å². The lowest BCUT2D eigenvalue weighted by Gasteiger charge is -2.37. The van der Waals surface area contributed by atoms with Gasteiger partial charge in [-0.3, -0.25) is 4.79 Å². The van der Waals surface area contributed by atoms with Gasteiger partial charge in [0, 0.05) is 32.6 Å². The number of amides is 2. The molecule has 1 atom stereocenters. The fourth-order valence-corrected chi connectivity index (χ4v) is 1.99. The average Bonchev–Trinajstić information content (AvgIpc) is 2.12. The summed E-state index contributed by atoms with van der Waals surface area (Å²) in [5.41, 5.74) is 0. The SMILES string of the molecule is CCCN1CC(CC(=O)O)CN(C)C1=O. The van der Waals surface area contributed by atoms with Crippen LogP contribution >= 0.6 is 0 Å². The van der Waals surface area contributed by atoms with Crippen LogP contribution in [0.3, 0.4) is 0 Å². The molecule has 1 aliphatic heterocycles. The van der Waals surface area contributed by atoms with E-state index in [4.69, 9.17) is 5.11 Å². The molecule has 1 N–H and O–H groups in total. The predicted molar refractivity (Wildman–Crippen MR) is 55.6 cm³/mol. The Hall–Kier alpha value is -1.26. The average molecular weight is 214 g/mol. The van der Waals surface area contributed by atoms with Crippen LogP contribution in [0.15, 0.2) is 0 Å². The monoisotopic (exact) mass is 214 g/mol. The zero-order valence-electron chi connectivity index (χ0n) is 9.27.